The predicted octanol–water partition coefficient (Wildman–Crippen LogP) is 3.32. The van der Waals surface area contributed by atoms with E-state index in [-0.39, 0.29) is 35.2 Å². The minimum atomic E-state index is -3.77. The number of ether oxygens (including phenoxy) is 1. The number of Topliss-reactive ketones (excluding diaryl/α,β-unsaturated/α-hetero) is 1. The molecule has 3 rings (SSSR count). The van der Waals surface area contributed by atoms with Gasteiger partial charge in [-0.25, -0.2) is 23.5 Å². The van der Waals surface area contributed by atoms with E-state index in [2.05, 4.69) is 14.9 Å². The number of sulfonamides is 1. The van der Waals surface area contributed by atoms with E-state index in [4.69, 9.17) is 9.88 Å². The average molecular weight is 587 g/mol. The topological polar surface area (TPSA) is 142 Å². The Balaban J connectivity index is 1.79. The Labute approximate surface area is 242 Å². The molecule has 0 fully saturated rings. The molecule has 0 amide bonds. The molecule has 224 valence electrons. The minimum Gasteiger partial charge on any atom is -0.459 e. The van der Waals surface area contributed by atoms with Gasteiger partial charge in [0.15, 0.2) is 5.78 Å². The van der Waals surface area contributed by atoms with Gasteiger partial charge < -0.3 is 13.9 Å². The SMILES string of the molecule is CC(C)(C)CC(=O)Cn1ccnc1CN(CCc1ccc(S(N)(=O)=O)cc1)Cc1nccn1CC(=O)OC(C)(C)C. The van der Waals surface area contributed by atoms with Crippen LogP contribution in [0.15, 0.2) is 53.9 Å². The fourth-order valence-electron chi connectivity index (χ4n) is 4.37. The number of carbonyl (C=O) groups is 2. The highest BCUT2D eigenvalue weighted by Crippen LogP contribution is 2.20. The van der Waals surface area contributed by atoms with Crippen LogP contribution < -0.4 is 5.14 Å². The van der Waals surface area contributed by atoms with Gasteiger partial charge in [0.05, 0.1) is 24.5 Å². The highest BCUT2D eigenvalue weighted by molar-refractivity contribution is 7.89. The monoisotopic (exact) mass is 586 g/mol. The van der Waals surface area contributed by atoms with Gasteiger partial charge in [-0.05, 0) is 50.3 Å². The van der Waals surface area contributed by atoms with Crippen LogP contribution in [0.3, 0.4) is 0 Å². The Morgan fingerprint density at radius 1 is 0.902 bits per heavy atom. The first-order valence-corrected chi connectivity index (χ1v) is 15.1. The molecule has 0 atom stereocenters. The first kappa shape index (κ1) is 32.2. The first-order valence-electron chi connectivity index (χ1n) is 13.6. The summed E-state index contributed by atoms with van der Waals surface area (Å²) in [6.07, 6.45) is 7.97. The zero-order valence-corrected chi connectivity index (χ0v) is 25.6. The third-order valence-electron chi connectivity index (χ3n) is 6.10. The minimum absolute atomic E-state index is 0.0331. The molecule has 41 heavy (non-hydrogen) atoms. The number of carbonyl (C=O) groups excluding carboxylic acids is 2. The average Bonchev–Trinajstić information content (AvgIpc) is 3.43. The van der Waals surface area contributed by atoms with Crippen molar-refractivity contribution in [2.24, 2.45) is 10.6 Å². The number of esters is 1. The number of imidazole rings is 2. The van der Waals surface area contributed by atoms with Crippen LogP contribution in [-0.2, 0) is 56.9 Å². The molecule has 0 aliphatic heterocycles. The van der Waals surface area contributed by atoms with Crippen molar-refractivity contribution in [1.82, 2.24) is 24.0 Å². The fourth-order valence-corrected chi connectivity index (χ4v) is 4.88. The van der Waals surface area contributed by atoms with Gasteiger partial charge in [-0.3, -0.25) is 14.5 Å². The molecular formula is C29H42N6O5S. The lowest BCUT2D eigenvalue weighted by molar-refractivity contribution is -0.155. The Hall–Kier alpha value is -3.35. The van der Waals surface area contributed by atoms with E-state index in [0.29, 0.717) is 38.3 Å². The van der Waals surface area contributed by atoms with Crippen LogP contribution in [0.25, 0.3) is 0 Å². The quantitative estimate of drug-likeness (QED) is 0.301. The van der Waals surface area contributed by atoms with Crippen molar-refractivity contribution in [3.8, 4) is 0 Å². The van der Waals surface area contributed by atoms with Crippen LogP contribution in [0.5, 0.6) is 0 Å². The van der Waals surface area contributed by atoms with E-state index in [1.807, 2.05) is 52.3 Å². The van der Waals surface area contributed by atoms with E-state index in [0.717, 1.165) is 11.4 Å². The molecular weight excluding hydrogens is 544 g/mol. The van der Waals surface area contributed by atoms with Gasteiger partial charge in [0.2, 0.25) is 10.0 Å². The van der Waals surface area contributed by atoms with Crippen LogP contribution in [0.1, 0.15) is 65.2 Å². The summed E-state index contributed by atoms with van der Waals surface area (Å²) in [5.41, 5.74) is 0.237. The maximum absolute atomic E-state index is 12.7. The van der Waals surface area contributed by atoms with E-state index >= 15 is 0 Å². The summed E-state index contributed by atoms with van der Waals surface area (Å²) in [6.45, 7) is 13.3. The molecule has 0 radical (unpaired) electrons. The summed E-state index contributed by atoms with van der Waals surface area (Å²) >= 11 is 0. The van der Waals surface area contributed by atoms with E-state index in [1.165, 1.54) is 12.1 Å². The smallest absolute Gasteiger partial charge is 0.326 e. The number of hydrogen-bond acceptors (Lipinski definition) is 8. The molecule has 2 aromatic heterocycles. The second-order valence-electron chi connectivity index (χ2n) is 12.5. The maximum atomic E-state index is 12.7. The van der Waals surface area contributed by atoms with Crippen molar-refractivity contribution in [3.63, 3.8) is 0 Å². The summed E-state index contributed by atoms with van der Waals surface area (Å²) in [4.78, 5) is 36.4. The molecule has 0 saturated heterocycles. The Bertz CT molecular complexity index is 1360. The summed E-state index contributed by atoms with van der Waals surface area (Å²) in [5.74, 6) is 1.20. The lowest BCUT2D eigenvalue weighted by Gasteiger charge is -2.24. The molecule has 0 aliphatic rings. The van der Waals surface area contributed by atoms with Gasteiger partial charge in [0.1, 0.15) is 23.8 Å². The molecule has 2 heterocycles. The van der Waals surface area contributed by atoms with Crippen LogP contribution in [0, 0.1) is 5.41 Å². The first-order chi connectivity index (χ1) is 19.0. The highest BCUT2D eigenvalue weighted by Gasteiger charge is 2.21. The van der Waals surface area contributed by atoms with Gasteiger partial charge in [0, 0.05) is 37.8 Å². The number of nitrogens with zero attached hydrogens (tertiary/aromatic N) is 5. The van der Waals surface area contributed by atoms with Crippen LogP contribution in [-0.4, -0.2) is 56.3 Å². The zero-order valence-electron chi connectivity index (χ0n) is 24.8. The van der Waals surface area contributed by atoms with Gasteiger partial charge in [-0.15, -0.1) is 0 Å². The van der Waals surface area contributed by atoms with Crippen molar-refractivity contribution in [1.29, 1.82) is 0 Å². The molecule has 2 N–H and O–H groups in total. The predicted molar refractivity (Wildman–Crippen MR) is 155 cm³/mol. The van der Waals surface area contributed by atoms with E-state index in [9.17, 15) is 18.0 Å². The van der Waals surface area contributed by atoms with Crippen molar-refractivity contribution < 1.29 is 22.7 Å². The van der Waals surface area contributed by atoms with Crippen LogP contribution in [0.4, 0.5) is 0 Å². The van der Waals surface area contributed by atoms with Gasteiger partial charge in [0.25, 0.3) is 0 Å². The summed E-state index contributed by atoms with van der Waals surface area (Å²) in [7, 11) is -3.77. The number of hydrogen-bond donors (Lipinski definition) is 1. The number of benzene rings is 1. The van der Waals surface area contributed by atoms with Gasteiger partial charge in [-0.1, -0.05) is 32.9 Å². The van der Waals surface area contributed by atoms with E-state index in [1.54, 1.807) is 35.3 Å². The maximum Gasteiger partial charge on any atom is 0.326 e. The molecule has 0 bridgehead atoms. The number of ketones is 1. The zero-order chi connectivity index (χ0) is 30.4. The second-order valence-corrected chi connectivity index (χ2v) is 14.0. The summed E-state index contributed by atoms with van der Waals surface area (Å²) < 4.78 is 32.4. The van der Waals surface area contributed by atoms with Crippen molar-refractivity contribution >= 4 is 21.8 Å². The Kier molecular flexibility index (Phi) is 10.3. The molecule has 0 saturated carbocycles. The Morgan fingerprint density at radius 3 is 1.93 bits per heavy atom. The number of primary sulfonamides is 1. The molecule has 11 nitrogen and oxygen atoms in total. The lowest BCUT2D eigenvalue weighted by Crippen LogP contribution is -2.30. The number of rotatable bonds is 13. The second kappa shape index (κ2) is 13.1. The van der Waals surface area contributed by atoms with Gasteiger partial charge >= 0.3 is 5.97 Å². The van der Waals surface area contributed by atoms with Crippen LogP contribution in [0.2, 0.25) is 0 Å². The van der Waals surface area contributed by atoms with Crippen molar-refractivity contribution in [2.75, 3.05) is 6.54 Å². The molecule has 0 unspecified atom stereocenters. The molecule has 3 aromatic rings. The number of aromatic nitrogens is 4. The molecule has 12 heteroatoms. The summed E-state index contributed by atoms with van der Waals surface area (Å²) in [6, 6.07) is 6.48. The highest BCUT2D eigenvalue weighted by atomic mass is 32.2. The standard InChI is InChI=1S/C29H42N6O5S/c1-28(2,3)17-23(36)18-34-15-12-31-25(34)19-33(14-11-22-7-9-24(10-8-22)41(30,38)39)20-26-32-13-16-35(26)21-27(37)40-29(4,5)6/h7-10,12-13,15-16H,11,14,17-21H2,1-6H3,(H2,30,38,39). The summed E-state index contributed by atoms with van der Waals surface area (Å²) in [5, 5.41) is 5.23. The third kappa shape index (κ3) is 10.9. The van der Waals surface area contributed by atoms with Gasteiger partial charge in [-0.2, -0.15) is 0 Å². The molecule has 1 aromatic carbocycles. The largest absolute Gasteiger partial charge is 0.459 e. The third-order valence-corrected chi connectivity index (χ3v) is 7.02. The number of nitrogens with two attached hydrogens (primary N) is 1. The Morgan fingerprint density at radius 2 is 1.44 bits per heavy atom. The normalized spacial score (nSPS) is 12.6. The molecule has 0 spiro atoms. The van der Waals surface area contributed by atoms with Crippen molar-refractivity contribution in [2.45, 2.75) is 91.1 Å². The van der Waals surface area contributed by atoms with E-state index < -0.39 is 15.6 Å². The molecule has 0 aliphatic carbocycles. The van der Waals surface area contributed by atoms with Crippen LogP contribution >= 0.6 is 0 Å². The lowest BCUT2D eigenvalue weighted by atomic mass is 9.90. The van der Waals surface area contributed by atoms with Crippen molar-refractivity contribution in [3.05, 3.63) is 66.3 Å². The fraction of sp³-hybridized carbons (Fsp3) is 0.517.